The van der Waals surface area contributed by atoms with E-state index in [0.717, 1.165) is 17.7 Å². The lowest BCUT2D eigenvalue weighted by Gasteiger charge is -2.30. The number of carbonyl (C=O) groups is 1. The molecule has 0 spiro atoms. The SMILES string of the molecule is CS[C@@H]1CCCC[C@@H]1NC(=O)Nc1cccc(Cn2cncn2)c1. The third-order valence-corrected chi connectivity index (χ3v) is 5.49. The van der Waals surface area contributed by atoms with E-state index in [2.05, 4.69) is 27.0 Å². The first kappa shape index (κ1) is 16.8. The molecule has 0 aliphatic heterocycles. The fraction of sp³-hybridized carbons (Fsp3) is 0.471. The van der Waals surface area contributed by atoms with E-state index in [1.165, 1.54) is 25.6 Å². The van der Waals surface area contributed by atoms with Crippen molar-refractivity contribution in [1.82, 2.24) is 20.1 Å². The maximum absolute atomic E-state index is 12.3. The van der Waals surface area contributed by atoms with E-state index in [1.54, 1.807) is 11.0 Å². The summed E-state index contributed by atoms with van der Waals surface area (Å²) in [6, 6.07) is 7.94. The molecule has 2 aromatic rings. The molecule has 1 aliphatic rings. The summed E-state index contributed by atoms with van der Waals surface area (Å²) in [5.74, 6) is 0. The Bertz CT molecular complexity index is 661. The first-order chi connectivity index (χ1) is 11.7. The second kappa shape index (κ2) is 8.19. The third-order valence-electron chi connectivity index (χ3n) is 4.32. The van der Waals surface area contributed by atoms with Crippen LogP contribution in [0.5, 0.6) is 0 Å². The van der Waals surface area contributed by atoms with E-state index < -0.39 is 0 Å². The minimum absolute atomic E-state index is 0.126. The highest BCUT2D eigenvalue weighted by Gasteiger charge is 2.25. The Morgan fingerprint density at radius 3 is 3.04 bits per heavy atom. The average Bonchev–Trinajstić information content (AvgIpc) is 3.08. The predicted octanol–water partition coefficient (Wildman–Crippen LogP) is 3.12. The number of benzene rings is 1. The zero-order chi connectivity index (χ0) is 16.8. The Morgan fingerprint density at radius 1 is 1.38 bits per heavy atom. The van der Waals surface area contributed by atoms with Crippen LogP contribution in [-0.2, 0) is 6.54 Å². The van der Waals surface area contributed by atoms with Crippen LogP contribution in [0, 0.1) is 0 Å². The van der Waals surface area contributed by atoms with Gasteiger partial charge >= 0.3 is 6.03 Å². The van der Waals surface area contributed by atoms with Gasteiger partial charge < -0.3 is 10.6 Å². The molecule has 2 atom stereocenters. The van der Waals surface area contributed by atoms with Gasteiger partial charge in [-0.1, -0.05) is 25.0 Å². The molecule has 1 aliphatic carbocycles. The average molecular weight is 345 g/mol. The predicted molar refractivity (Wildman–Crippen MR) is 97.3 cm³/mol. The second-order valence-corrected chi connectivity index (χ2v) is 7.13. The minimum atomic E-state index is -0.126. The van der Waals surface area contributed by atoms with E-state index in [9.17, 15) is 4.79 Å². The zero-order valence-corrected chi connectivity index (χ0v) is 14.6. The van der Waals surface area contributed by atoms with E-state index in [4.69, 9.17) is 0 Å². The van der Waals surface area contributed by atoms with Crippen LogP contribution < -0.4 is 10.6 Å². The van der Waals surface area contributed by atoms with Crippen molar-refractivity contribution in [2.45, 2.75) is 43.5 Å². The Labute approximate surface area is 146 Å². The van der Waals surface area contributed by atoms with Gasteiger partial charge in [-0.2, -0.15) is 16.9 Å². The van der Waals surface area contributed by atoms with E-state index in [-0.39, 0.29) is 12.1 Å². The van der Waals surface area contributed by atoms with Crippen LogP contribution in [0.1, 0.15) is 31.2 Å². The molecular formula is C17H23N5OS. The third kappa shape index (κ3) is 4.50. The van der Waals surface area contributed by atoms with Crippen molar-refractivity contribution in [2.24, 2.45) is 0 Å². The number of hydrogen-bond donors (Lipinski definition) is 2. The van der Waals surface area contributed by atoms with Gasteiger partial charge in [-0.05, 0) is 36.8 Å². The fourth-order valence-electron chi connectivity index (χ4n) is 3.13. The molecule has 3 rings (SSSR count). The Hall–Kier alpha value is -2.02. The van der Waals surface area contributed by atoms with Gasteiger partial charge in [0.05, 0.1) is 6.54 Å². The minimum Gasteiger partial charge on any atom is -0.334 e. The van der Waals surface area contributed by atoms with Crippen LogP contribution in [0.4, 0.5) is 10.5 Å². The summed E-state index contributed by atoms with van der Waals surface area (Å²) in [6.07, 6.45) is 10.0. The first-order valence-corrected chi connectivity index (χ1v) is 9.55. The van der Waals surface area contributed by atoms with Crippen LogP contribution in [-0.4, -0.2) is 38.3 Å². The molecule has 1 fully saturated rings. The molecule has 7 heteroatoms. The molecule has 24 heavy (non-hydrogen) atoms. The standard InChI is InChI=1S/C17H23N5OS/c1-24-16-8-3-2-7-15(16)21-17(23)20-14-6-4-5-13(9-14)10-22-12-18-11-19-22/h4-6,9,11-12,15-16H,2-3,7-8,10H2,1H3,(H2,20,21,23)/t15-,16+/m0/s1. The van der Waals surface area contributed by atoms with Gasteiger partial charge in [0, 0.05) is 17.0 Å². The van der Waals surface area contributed by atoms with Crippen LogP contribution in [0.2, 0.25) is 0 Å². The van der Waals surface area contributed by atoms with Gasteiger partial charge in [-0.3, -0.25) is 0 Å². The van der Waals surface area contributed by atoms with Crippen LogP contribution >= 0.6 is 11.8 Å². The Kier molecular flexibility index (Phi) is 5.74. The van der Waals surface area contributed by atoms with Crippen molar-refractivity contribution in [1.29, 1.82) is 0 Å². The van der Waals surface area contributed by atoms with Crippen LogP contribution in [0.3, 0.4) is 0 Å². The maximum Gasteiger partial charge on any atom is 0.319 e. The fourth-order valence-corrected chi connectivity index (χ4v) is 4.06. The van der Waals surface area contributed by atoms with Gasteiger partial charge in [0.15, 0.2) is 0 Å². The number of rotatable bonds is 5. The molecular weight excluding hydrogens is 322 g/mol. The lowest BCUT2D eigenvalue weighted by Crippen LogP contribution is -2.45. The molecule has 1 aromatic carbocycles. The van der Waals surface area contributed by atoms with Gasteiger partial charge in [0.25, 0.3) is 0 Å². The van der Waals surface area contributed by atoms with Crippen LogP contribution in [0.25, 0.3) is 0 Å². The second-order valence-electron chi connectivity index (χ2n) is 6.06. The maximum atomic E-state index is 12.3. The van der Waals surface area contributed by atoms with Gasteiger partial charge in [0.1, 0.15) is 12.7 Å². The molecule has 6 nitrogen and oxygen atoms in total. The van der Waals surface area contributed by atoms with Crippen molar-refractivity contribution in [2.75, 3.05) is 11.6 Å². The highest BCUT2D eigenvalue weighted by molar-refractivity contribution is 7.99. The summed E-state index contributed by atoms with van der Waals surface area (Å²) in [5, 5.41) is 10.7. The number of nitrogens with one attached hydrogen (secondary N) is 2. The summed E-state index contributed by atoms with van der Waals surface area (Å²) >= 11 is 1.85. The molecule has 1 aromatic heterocycles. The summed E-state index contributed by atoms with van der Waals surface area (Å²) in [6.45, 7) is 0.633. The normalized spacial score (nSPS) is 20.5. The molecule has 0 unspecified atom stereocenters. The van der Waals surface area contributed by atoms with Crippen molar-refractivity contribution in [3.05, 3.63) is 42.5 Å². The van der Waals surface area contributed by atoms with Crippen molar-refractivity contribution < 1.29 is 4.79 Å². The molecule has 0 saturated heterocycles. The largest absolute Gasteiger partial charge is 0.334 e. The first-order valence-electron chi connectivity index (χ1n) is 8.26. The number of aromatic nitrogens is 3. The van der Waals surface area contributed by atoms with E-state index >= 15 is 0 Å². The Balaban J connectivity index is 1.57. The highest BCUT2D eigenvalue weighted by atomic mass is 32.2. The molecule has 2 amide bonds. The molecule has 2 N–H and O–H groups in total. The van der Waals surface area contributed by atoms with E-state index in [1.807, 2.05) is 36.0 Å². The van der Waals surface area contributed by atoms with Crippen molar-refractivity contribution >= 4 is 23.5 Å². The summed E-state index contributed by atoms with van der Waals surface area (Å²) < 4.78 is 1.75. The quantitative estimate of drug-likeness (QED) is 0.873. The molecule has 1 saturated carbocycles. The molecule has 0 radical (unpaired) electrons. The number of amides is 2. The summed E-state index contributed by atoms with van der Waals surface area (Å²) in [4.78, 5) is 16.3. The molecule has 128 valence electrons. The topological polar surface area (TPSA) is 71.8 Å². The number of anilines is 1. The number of nitrogens with zero attached hydrogens (tertiary/aromatic N) is 3. The molecule has 0 bridgehead atoms. The number of hydrogen-bond acceptors (Lipinski definition) is 4. The van der Waals surface area contributed by atoms with Crippen molar-refractivity contribution in [3.8, 4) is 0 Å². The van der Waals surface area contributed by atoms with Crippen LogP contribution in [0.15, 0.2) is 36.9 Å². The molecule has 1 heterocycles. The monoisotopic (exact) mass is 345 g/mol. The Morgan fingerprint density at radius 2 is 2.25 bits per heavy atom. The zero-order valence-electron chi connectivity index (χ0n) is 13.8. The number of thioether (sulfide) groups is 1. The lowest BCUT2D eigenvalue weighted by molar-refractivity contribution is 0.245. The summed E-state index contributed by atoms with van der Waals surface area (Å²) in [5.41, 5.74) is 1.86. The smallest absolute Gasteiger partial charge is 0.319 e. The van der Waals surface area contributed by atoms with Gasteiger partial charge in [-0.15, -0.1) is 0 Å². The van der Waals surface area contributed by atoms with E-state index in [0.29, 0.717) is 11.8 Å². The van der Waals surface area contributed by atoms with Crippen molar-refractivity contribution in [3.63, 3.8) is 0 Å². The summed E-state index contributed by atoms with van der Waals surface area (Å²) in [7, 11) is 0. The lowest BCUT2D eigenvalue weighted by atomic mass is 9.95. The highest BCUT2D eigenvalue weighted by Crippen LogP contribution is 2.27. The number of urea groups is 1. The van der Waals surface area contributed by atoms with Gasteiger partial charge in [-0.25, -0.2) is 14.5 Å². The van der Waals surface area contributed by atoms with Gasteiger partial charge in [0.2, 0.25) is 0 Å². The number of carbonyl (C=O) groups excluding carboxylic acids is 1.